The summed E-state index contributed by atoms with van der Waals surface area (Å²) in [6, 6.07) is 0. The summed E-state index contributed by atoms with van der Waals surface area (Å²) < 4.78 is 0. The van der Waals surface area contributed by atoms with Crippen molar-refractivity contribution in [1.82, 2.24) is 5.32 Å². The van der Waals surface area contributed by atoms with Crippen LogP contribution in [-0.4, -0.2) is 13.1 Å². The maximum atomic E-state index is 3.51. The van der Waals surface area contributed by atoms with Gasteiger partial charge in [0.05, 0.1) is 0 Å². The Morgan fingerprint density at radius 1 is 1.20 bits per heavy atom. The second-order valence-electron chi connectivity index (χ2n) is 3.83. The highest BCUT2D eigenvalue weighted by atomic mass is 14.9. The van der Waals surface area contributed by atoms with Crippen LogP contribution in [0.2, 0.25) is 0 Å². The van der Waals surface area contributed by atoms with Gasteiger partial charge in [-0.15, -0.1) is 0 Å². The topological polar surface area (TPSA) is 12.0 Å². The van der Waals surface area contributed by atoms with Crippen LogP contribution >= 0.6 is 0 Å². The van der Waals surface area contributed by atoms with Crippen molar-refractivity contribution in [3.8, 4) is 0 Å². The van der Waals surface area contributed by atoms with Gasteiger partial charge in [-0.1, -0.05) is 13.3 Å². The van der Waals surface area contributed by atoms with Crippen molar-refractivity contribution in [1.29, 1.82) is 0 Å². The van der Waals surface area contributed by atoms with E-state index in [1.54, 1.807) is 0 Å². The SMILES string of the molecule is CCC1C2CCC1CNC2. The van der Waals surface area contributed by atoms with E-state index in [-0.39, 0.29) is 0 Å². The fraction of sp³-hybridized carbons (Fsp3) is 1.00. The predicted octanol–water partition coefficient (Wildman–Crippen LogP) is 1.64. The minimum atomic E-state index is 1.03. The first kappa shape index (κ1) is 6.66. The molecule has 2 aliphatic rings. The molecule has 0 radical (unpaired) electrons. The molecule has 1 saturated carbocycles. The van der Waals surface area contributed by atoms with Crippen molar-refractivity contribution < 1.29 is 0 Å². The van der Waals surface area contributed by atoms with E-state index in [0.717, 1.165) is 17.8 Å². The van der Waals surface area contributed by atoms with Gasteiger partial charge in [-0.2, -0.15) is 0 Å². The molecule has 1 heterocycles. The van der Waals surface area contributed by atoms with E-state index in [1.807, 2.05) is 0 Å². The Labute approximate surface area is 63.2 Å². The molecular formula is C9H17N. The van der Waals surface area contributed by atoms with Crippen LogP contribution in [0.3, 0.4) is 0 Å². The van der Waals surface area contributed by atoms with Gasteiger partial charge in [0.1, 0.15) is 0 Å². The van der Waals surface area contributed by atoms with Gasteiger partial charge in [-0.25, -0.2) is 0 Å². The second kappa shape index (κ2) is 2.54. The summed E-state index contributed by atoms with van der Waals surface area (Å²) in [5.74, 6) is 3.13. The van der Waals surface area contributed by atoms with Crippen LogP contribution in [0.4, 0.5) is 0 Å². The summed E-state index contributed by atoms with van der Waals surface area (Å²) in [4.78, 5) is 0. The first-order valence-electron chi connectivity index (χ1n) is 4.62. The fourth-order valence-electron chi connectivity index (χ4n) is 2.87. The molecule has 0 aromatic rings. The van der Waals surface area contributed by atoms with Crippen LogP contribution in [0, 0.1) is 17.8 Å². The Balaban J connectivity index is 2.06. The van der Waals surface area contributed by atoms with Gasteiger partial charge in [0, 0.05) is 0 Å². The molecule has 2 bridgehead atoms. The Kier molecular flexibility index (Phi) is 1.69. The average molecular weight is 139 g/mol. The molecule has 1 heteroatoms. The third-order valence-corrected chi connectivity index (χ3v) is 3.40. The summed E-state index contributed by atoms with van der Waals surface area (Å²) in [7, 11) is 0. The van der Waals surface area contributed by atoms with Crippen molar-refractivity contribution >= 4 is 0 Å². The zero-order valence-corrected chi connectivity index (χ0v) is 6.77. The molecule has 2 rings (SSSR count). The lowest BCUT2D eigenvalue weighted by Gasteiger charge is -2.29. The summed E-state index contributed by atoms with van der Waals surface area (Å²) in [6.45, 7) is 4.95. The van der Waals surface area contributed by atoms with Gasteiger partial charge in [0.25, 0.3) is 0 Å². The summed E-state index contributed by atoms with van der Waals surface area (Å²) in [5, 5.41) is 3.51. The molecule has 58 valence electrons. The molecule has 0 spiro atoms. The summed E-state index contributed by atoms with van der Waals surface area (Å²) >= 11 is 0. The lowest BCUT2D eigenvalue weighted by Crippen LogP contribution is -2.37. The molecular weight excluding hydrogens is 122 g/mol. The lowest BCUT2D eigenvalue weighted by atomic mass is 9.84. The highest BCUT2D eigenvalue weighted by Crippen LogP contribution is 2.40. The van der Waals surface area contributed by atoms with E-state index < -0.39 is 0 Å². The van der Waals surface area contributed by atoms with Crippen LogP contribution in [0.15, 0.2) is 0 Å². The van der Waals surface area contributed by atoms with Crippen LogP contribution in [0.25, 0.3) is 0 Å². The Hall–Kier alpha value is -0.0400. The molecule has 1 aliphatic carbocycles. The lowest BCUT2D eigenvalue weighted by molar-refractivity contribution is 0.239. The van der Waals surface area contributed by atoms with Gasteiger partial charge in [0.2, 0.25) is 0 Å². The fourth-order valence-corrected chi connectivity index (χ4v) is 2.87. The van der Waals surface area contributed by atoms with Gasteiger partial charge in [0.15, 0.2) is 0 Å². The highest BCUT2D eigenvalue weighted by molar-refractivity contribution is 4.90. The largest absolute Gasteiger partial charge is 0.316 e. The van der Waals surface area contributed by atoms with Gasteiger partial charge < -0.3 is 5.32 Å². The van der Waals surface area contributed by atoms with Gasteiger partial charge in [-0.05, 0) is 43.7 Å². The molecule has 1 N–H and O–H groups in total. The Bertz CT molecular complexity index is 106. The van der Waals surface area contributed by atoms with E-state index in [0.29, 0.717) is 0 Å². The number of hydrogen-bond acceptors (Lipinski definition) is 1. The molecule has 2 atom stereocenters. The van der Waals surface area contributed by atoms with Gasteiger partial charge >= 0.3 is 0 Å². The minimum absolute atomic E-state index is 1.03. The van der Waals surface area contributed by atoms with Crippen molar-refractivity contribution in [3.05, 3.63) is 0 Å². The highest BCUT2D eigenvalue weighted by Gasteiger charge is 2.37. The molecule has 2 unspecified atom stereocenters. The first-order chi connectivity index (χ1) is 4.92. The quantitative estimate of drug-likeness (QED) is 0.582. The van der Waals surface area contributed by atoms with Crippen LogP contribution in [-0.2, 0) is 0 Å². The first-order valence-corrected chi connectivity index (χ1v) is 4.62. The van der Waals surface area contributed by atoms with Crippen molar-refractivity contribution in [2.75, 3.05) is 13.1 Å². The number of hydrogen-bond donors (Lipinski definition) is 1. The zero-order chi connectivity index (χ0) is 6.97. The van der Waals surface area contributed by atoms with E-state index in [9.17, 15) is 0 Å². The van der Waals surface area contributed by atoms with E-state index in [4.69, 9.17) is 0 Å². The zero-order valence-electron chi connectivity index (χ0n) is 6.77. The Morgan fingerprint density at radius 2 is 1.80 bits per heavy atom. The van der Waals surface area contributed by atoms with E-state index in [2.05, 4.69) is 12.2 Å². The molecule has 1 saturated heterocycles. The van der Waals surface area contributed by atoms with Crippen molar-refractivity contribution in [2.45, 2.75) is 26.2 Å². The molecule has 1 aliphatic heterocycles. The number of piperidine rings is 1. The second-order valence-corrected chi connectivity index (χ2v) is 3.83. The smallest absolute Gasteiger partial charge is 0.00176 e. The molecule has 0 amide bonds. The average Bonchev–Trinajstić information content (AvgIpc) is 2.19. The van der Waals surface area contributed by atoms with Gasteiger partial charge in [-0.3, -0.25) is 0 Å². The molecule has 0 aromatic heterocycles. The van der Waals surface area contributed by atoms with Crippen molar-refractivity contribution in [3.63, 3.8) is 0 Å². The molecule has 10 heavy (non-hydrogen) atoms. The van der Waals surface area contributed by atoms with Crippen LogP contribution < -0.4 is 5.32 Å². The number of nitrogens with one attached hydrogen (secondary N) is 1. The summed E-state index contributed by atoms with van der Waals surface area (Å²) in [6.07, 6.45) is 4.41. The minimum Gasteiger partial charge on any atom is -0.316 e. The van der Waals surface area contributed by atoms with E-state index >= 15 is 0 Å². The van der Waals surface area contributed by atoms with Crippen LogP contribution in [0.1, 0.15) is 26.2 Å². The normalized spacial score (nSPS) is 45.9. The van der Waals surface area contributed by atoms with E-state index in [1.165, 1.54) is 32.4 Å². The third kappa shape index (κ3) is 0.878. The third-order valence-electron chi connectivity index (χ3n) is 3.40. The number of fused-ring (bicyclic) bond motifs is 2. The van der Waals surface area contributed by atoms with Crippen molar-refractivity contribution in [2.24, 2.45) is 17.8 Å². The standard InChI is InChI=1S/C9H17N/c1-2-9-7-3-4-8(9)6-10-5-7/h7-10H,2-6H2,1H3. The number of rotatable bonds is 1. The monoisotopic (exact) mass is 139 g/mol. The Morgan fingerprint density at radius 3 is 2.20 bits per heavy atom. The summed E-state index contributed by atoms with van der Waals surface area (Å²) in [5.41, 5.74) is 0. The maximum Gasteiger partial charge on any atom is -0.00176 e. The molecule has 1 nitrogen and oxygen atoms in total. The van der Waals surface area contributed by atoms with Crippen LogP contribution in [0.5, 0.6) is 0 Å². The predicted molar refractivity (Wildman–Crippen MR) is 42.9 cm³/mol. The molecule has 0 aromatic carbocycles. The maximum absolute atomic E-state index is 3.51. The molecule has 2 fully saturated rings.